The van der Waals surface area contributed by atoms with Crippen LogP contribution in [0.25, 0.3) is 0 Å². The molecular formula is C20H38O. The lowest BCUT2D eigenvalue weighted by molar-refractivity contribution is -0.117. The van der Waals surface area contributed by atoms with Crippen LogP contribution in [0, 0.1) is 5.41 Å². The highest BCUT2D eigenvalue weighted by atomic mass is 16.1. The van der Waals surface area contributed by atoms with Gasteiger partial charge in [-0.05, 0) is 38.5 Å². The van der Waals surface area contributed by atoms with E-state index in [-0.39, 0.29) is 0 Å². The fourth-order valence-corrected chi connectivity index (χ4v) is 2.38. The number of unbranched alkanes of at least 4 members (excludes halogenated alkanes) is 9. The zero-order valence-electron chi connectivity index (χ0n) is 15.3. The summed E-state index contributed by atoms with van der Waals surface area (Å²) >= 11 is 0. The van der Waals surface area contributed by atoms with E-state index in [9.17, 15) is 4.79 Å². The summed E-state index contributed by atoms with van der Waals surface area (Å²) < 4.78 is 0. The summed E-state index contributed by atoms with van der Waals surface area (Å²) in [7, 11) is 0. The van der Waals surface area contributed by atoms with E-state index < -0.39 is 0 Å². The van der Waals surface area contributed by atoms with Gasteiger partial charge in [0.15, 0.2) is 0 Å². The third-order valence-corrected chi connectivity index (χ3v) is 4.37. The third kappa shape index (κ3) is 14.1. The average Bonchev–Trinajstić information content (AvgIpc) is 2.38. The number of hydrogen-bond donors (Lipinski definition) is 0. The normalized spacial score (nSPS) is 12.7. The molecule has 0 aromatic heterocycles. The molecule has 0 aliphatic rings. The van der Waals surface area contributed by atoms with Gasteiger partial charge in [-0.15, -0.1) is 0 Å². The maximum absolute atomic E-state index is 10.8. The molecule has 0 aromatic carbocycles. The summed E-state index contributed by atoms with van der Waals surface area (Å²) in [6.45, 7) is 10.8. The molecule has 0 saturated carbocycles. The monoisotopic (exact) mass is 294 g/mol. The number of carbonyl (C=O) groups is 1. The molecule has 0 radical (unpaired) electrons. The topological polar surface area (TPSA) is 17.1 Å². The van der Waals surface area contributed by atoms with E-state index in [2.05, 4.69) is 33.8 Å². The lowest BCUT2D eigenvalue weighted by atomic mass is 9.87. The van der Waals surface area contributed by atoms with Gasteiger partial charge in [0.2, 0.25) is 0 Å². The second kappa shape index (κ2) is 12.0. The Labute approximate surface area is 133 Å². The molecule has 0 aliphatic carbocycles. The van der Waals surface area contributed by atoms with Crippen LogP contribution in [0.15, 0.2) is 11.6 Å². The third-order valence-electron chi connectivity index (χ3n) is 4.37. The van der Waals surface area contributed by atoms with Crippen molar-refractivity contribution in [3.05, 3.63) is 11.6 Å². The number of hydrogen-bond acceptors (Lipinski definition) is 1. The summed E-state index contributed by atoms with van der Waals surface area (Å²) in [6.07, 6.45) is 16.3. The number of allylic oxidation sites excluding steroid dienone is 2. The highest BCUT2D eigenvalue weighted by molar-refractivity contribution is 5.75. The molecule has 0 rings (SSSR count). The van der Waals surface area contributed by atoms with Crippen LogP contribution in [-0.2, 0) is 4.79 Å². The van der Waals surface area contributed by atoms with Crippen molar-refractivity contribution < 1.29 is 4.79 Å². The highest BCUT2D eigenvalue weighted by Crippen LogP contribution is 2.25. The van der Waals surface area contributed by atoms with Gasteiger partial charge in [0, 0.05) is 6.42 Å². The minimum atomic E-state index is 0.336. The van der Waals surface area contributed by atoms with Crippen LogP contribution in [0.5, 0.6) is 0 Å². The smallest absolute Gasteiger partial charge is 0.129 e. The molecule has 0 saturated heterocycles. The Morgan fingerprint density at radius 1 is 0.762 bits per heavy atom. The Hall–Kier alpha value is -0.590. The second-order valence-electron chi connectivity index (χ2n) is 7.56. The van der Waals surface area contributed by atoms with Crippen LogP contribution in [0.2, 0.25) is 0 Å². The van der Waals surface area contributed by atoms with E-state index in [1.807, 2.05) is 0 Å². The molecule has 0 fully saturated rings. The molecule has 21 heavy (non-hydrogen) atoms. The highest BCUT2D eigenvalue weighted by Gasteiger charge is 2.11. The summed E-state index contributed by atoms with van der Waals surface area (Å²) in [6, 6.07) is 0. The molecule has 124 valence electrons. The fraction of sp³-hybridized carbons (Fsp3) is 0.850. The zero-order chi connectivity index (χ0) is 16.1. The number of rotatable bonds is 12. The van der Waals surface area contributed by atoms with E-state index in [4.69, 9.17) is 0 Å². The largest absolute Gasteiger partial charge is 0.300 e. The van der Waals surface area contributed by atoms with Gasteiger partial charge in [0.1, 0.15) is 5.78 Å². The van der Waals surface area contributed by atoms with Gasteiger partial charge in [-0.25, -0.2) is 0 Å². The van der Waals surface area contributed by atoms with Crippen LogP contribution in [-0.4, -0.2) is 5.78 Å². The quantitative estimate of drug-likeness (QED) is 0.284. The van der Waals surface area contributed by atoms with Gasteiger partial charge in [-0.2, -0.15) is 0 Å². The molecule has 1 nitrogen and oxygen atoms in total. The average molecular weight is 295 g/mol. The molecule has 0 bridgehead atoms. The molecule has 0 aliphatic heterocycles. The molecule has 0 aromatic rings. The summed E-state index contributed by atoms with van der Waals surface area (Å²) in [5.41, 5.74) is 1.86. The molecule has 0 unspecified atom stereocenters. The van der Waals surface area contributed by atoms with E-state index in [1.54, 1.807) is 6.92 Å². The molecule has 1 heteroatoms. The number of ketones is 1. The van der Waals surface area contributed by atoms with Gasteiger partial charge in [-0.3, -0.25) is 0 Å². The minimum absolute atomic E-state index is 0.336. The van der Waals surface area contributed by atoms with Crippen molar-refractivity contribution in [2.24, 2.45) is 5.41 Å². The first kappa shape index (κ1) is 20.4. The second-order valence-corrected chi connectivity index (χ2v) is 7.56. The van der Waals surface area contributed by atoms with Crippen LogP contribution < -0.4 is 0 Å². The van der Waals surface area contributed by atoms with Crippen LogP contribution in [0.3, 0.4) is 0 Å². The van der Waals surface area contributed by atoms with E-state index in [0.717, 1.165) is 12.8 Å². The number of carbonyl (C=O) groups excluding carboxylic acids is 1. The predicted molar refractivity (Wildman–Crippen MR) is 94.7 cm³/mol. The first-order valence-corrected chi connectivity index (χ1v) is 9.00. The summed E-state index contributed by atoms with van der Waals surface area (Å²) in [4.78, 5) is 10.8. The molecule has 0 atom stereocenters. The Morgan fingerprint density at radius 3 is 1.62 bits per heavy atom. The van der Waals surface area contributed by atoms with Crippen molar-refractivity contribution in [3.8, 4) is 0 Å². The summed E-state index contributed by atoms with van der Waals surface area (Å²) in [5.74, 6) is 0.339. The standard InChI is InChI=1S/C20H38O/c1-18(20(3,4)5)16-14-12-10-8-6-7-9-11-13-15-17-19(2)21/h16H,6-15,17H2,1-5H3. The predicted octanol–water partition coefficient (Wildman–Crippen LogP) is 6.86. The Morgan fingerprint density at radius 2 is 1.19 bits per heavy atom. The maximum atomic E-state index is 10.8. The molecule has 0 N–H and O–H groups in total. The Balaban J connectivity index is 3.28. The molecule has 0 heterocycles. The number of Topliss-reactive ketones (excluding diaryl/α,β-unsaturated/α-hetero) is 1. The van der Waals surface area contributed by atoms with Gasteiger partial charge in [0.25, 0.3) is 0 Å². The maximum Gasteiger partial charge on any atom is 0.129 e. The van der Waals surface area contributed by atoms with Gasteiger partial charge >= 0.3 is 0 Å². The molecule has 0 spiro atoms. The van der Waals surface area contributed by atoms with Crippen molar-refractivity contribution in [2.45, 2.75) is 105 Å². The Bertz CT molecular complexity index is 293. The lowest BCUT2D eigenvalue weighted by Gasteiger charge is -2.19. The van der Waals surface area contributed by atoms with E-state index >= 15 is 0 Å². The van der Waals surface area contributed by atoms with Crippen molar-refractivity contribution in [1.82, 2.24) is 0 Å². The van der Waals surface area contributed by atoms with Crippen molar-refractivity contribution >= 4 is 5.78 Å². The van der Waals surface area contributed by atoms with Crippen molar-refractivity contribution in [3.63, 3.8) is 0 Å². The van der Waals surface area contributed by atoms with Crippen LogP contribution in [0.4, 0.5) is 0 Å². The first-order chi connectivity index (χ1) is 9.84. The minimum Gasteiger partial charge on any atom is -0.300 e. The SMILES string of the molecule is CC(=O)CCCCCCCCCCCC=C(C)C(C)(C)C. The van der Waals surface area contributed by atoms with Gasteiger partial charge < -0.3 is 4.79 Å². The molecular weight excluding hydrogens is 256 g/mol. The van der Waals surface area contributed by atoms with Gasteiger partial charge in [0.05, 0.1) is 0 Å². The zero-order valence-corrected chi connectivity index (χ0v) is 15.3. The van der Waals surface area contributed by atoms with E-state index in [1.165, 1.54) is 63.4 Å². The Kier molecular flexibility index (Phi) is 11.7. The van der Waals surface area contributed by atoms with E-state index in [0.29, 0.717) is 11.2 Å². The van der Waals surface area contributed by atoms with Crippen LogP contribution >= 0.6 is 0 Å². The summed E-state index contributed by atoms with van der Waals surface area (Å²) in [5, 5.41) is 0. The van der Waals surface area contributed by atoms with Gasteiger partial charge in [-0.1, -0.05) is 77.4 Å². The molecule has 0 amide bonds. The first-order valence-electron chi connectivity index (χ1n) is 9.00. The fourth-order valence-electron chi connectivity index (χ4n) is 2.38. The van der Waals surface area contributed by atoms with Crippen LogP contribution in [0.1, 0.15) is 105 Å². The lowest BCUT2D eigenvalue weighted by Crippen LogP contribution is -2.06. The van der Waals surface area contributed by atoms with Crippen molar-refractivity contribution in [2.75, 3.05) is 0 Å². The van der Waals surface area contributed by atoms with Crippen molar-refractivity contribution in [1.29, 1.82) is 0 Å².